The summed E-state index contributed by atoms with van der Waals surface area (Å²) in [6.07, 6.45) is 4.38. The van der Waals surface area contributed by atoms with Crippen molar-refractivity contribution < 1.29 is 9.66 Å². The summed E-state index contributed by atoms with van der Waals surface area (Å²) in [6.45, 7) is 2.53. The largest absolute Gasteiger partial charge is 0.487 e. The first-order valence-corrected chi connectivity index (χ1v) is 5.18. The fraction of sp³-hybridized carbons (Fsp3) is 0.500. The van der Waals surface area contributed by atoms with Crippen LogP contribution < -0.4 is 10.5 Å². The maximum absolute atomic E-state index is 10.7. The van der Waals surface area contributed by atoms with Crippen LogP contribution >= 0.6 is 0 Å². The van der Waals surface area contributed by atoms with Gasteiger partial charge in [-0.05, 0) is 6.42 Å². The Morgan fingerprint density at radius 1 is 1.56 bits per heavy atom. The van der Waals surface area contributed by atoms with E-state index in [4.69, 9.17) is 10.5 Å². The van der Waals surface area contributed by atoms with Gasteiger partial charge in [-0.2, -0.15) is 0 Å². The lowest BCUT2D eigenvalue weighted by Gasteiger charge is -2.06. The number of unbranched alkanes of at least 4 members (excludes halogenated alkanes) is 2. The first kappa shape index (κ1) is 12.2. The summed E-state index contributed by atoms with van der Waals surface area (Å²) >= 11 is 0. The molecule has 16 heavy (non-hydrogen) atoms. The van der Waals surface area contributed by atoms with E-state index >= 15 is 0 Å². The van der Waals surface area contributed by atoms with E-state index in [-0.39, 0.29) is 17.3 Å². The van der Waals surface area contributed by atoms with E-state index in [1.54, 1.807) is 0 Å². The van der Waals surface area contributed by atoms with Crippen molar-refractivity contribution in [3.05, 3.63) is 22.4 Å². The molecule has 1 aromatic rings. The van der Waals surface area contributed by atoms with Crippen molar-refractivity contribution in [3.63, 3.8) is 0 Å². The van der Waals surface area contributed by atoms with Gasteiger partial charge in [0.25, 0.3) is 0 Å². The molecule has 0 spiro atoms. The molecule has 2 N–H and O–H groups in total. The van der Waals surface area contributed by atoms with Crippen LogP contribution in [0.15, 0.2) is 12.3 Å². The normalized spacial score (nSPS) is 10.1. The Hall–Kier alpha value is -1.85. The molecule has 88 valence electrons. The van der Waals surface area contributed by atoms with Crippen LogP contribution in [-0.2, 0) is 0 Å². The second-order valence-corrected chi connectivity index (χ2v) is 3.36. The van der Waals surface area contributed by atoms with Gasteiger partial charge in [0.05, 0.1) is 11.5 Å². The molecule has 0 saturated heterocycles. The van der Waals surface area contributed by atoms with Gasteiger partial charge in [0.1, 0.15) is 0 Å². The highest BCUT2D eigenvalue weighted by Gasteiger charge is 2.20. The van der Waals surface area contributed by atoms with Gasteiger partial charge in [0.2, 0.25) is 11.6 Å². The molecular weight excluding hydrogens is 210 g/mol. The van der Waals surface area contributed by atoms with Gasteiger partial charge in [-0.3, -0.25) is 10.1 Å². The number of nitrogen functional groups attached to an aromatic ring is 1. The summed E-state index contributed by atoms with van der Waals surface area (Å²) in [5, 5.41) is 10.7. The third-order valence-corrected chi connectivity index (χ3v) is 2.10. The van der Waals surface area contributed by atoms with E-state index in [2.05, 4.69) is 11.9 Å². The molecule has 0 aromatic carbocycles. The quantitative estimate of drug-likeness (QED) is 0.455. The second kappa shape index (κ2) is 5.89. The lowest BCUT2D eigenvalue weighted by Crippen LogP contribution is -2.04. The highest BCUT2D eigenvalue weighted by atomic mass is 16.6. The highest BCUT2D eigenvalue weighted by molar-refractivity contribution is 5.60. The number of pyridine rings is 1. The molecule has 0 amide bonds. The molecule has 6 nitrogen and oxygen atoms in total. The summed E-state index contributed by atoms with van der Waals surface area (Å²) in [5.41, 5.74) is 5.17. The van der Waals surface area contributed by atoms with E-state index in [1.807, 2.05) is 0 Å². The molecule has 0 atom stereocenters. The molecular formula is C10H15N3O3. The Morgan fingerprint density at radius 3 is 2.94 bits per heavy atom. The molecule has 0 unspecified atom stereocenters. The molecule has 0 aliphatic rings. The average molecular weight is 225 g/mol. The Labute approximate surface area is 93.6 Å². The van der Waals surface area contributed by atoms with Crippen molar-refractivity contribution in [3.8, 4) is 5.75 Å². The van der Waals surface area contributed by atoms with Crippen molar-refractivity contribution in [2.45, 2.75) is 26.2 Å². The zero-order chi connectivity index (χ0) is 12.0. The minimum atomic E-state index is -0.572. The SMILES string of the molecule is CCCCCOc1ccnc(N)c1[N+](=O)[O-]. The zero-order valence-corrected chi connectivity index (χ0v) is 9.18. The van der Waals surface area contributed by atoms with Gasteiger partial charge in [-0.15, -0.1) is 0 Å². The van der Waals surface area contributed by atoms with Crippen molar-refractivity contribution >= 4 is 11.5 Å². The van der Waals surface area contributed by atoms with Crippen LogP contribution in [0.3, 0.4) is 0 Å². The van der Waals surface area contributed by atoms with Crippen LogP contribution in [0.5, 0.6) is 5.75 Å². The van der Waals surface area contributed by atoms with Crippen molar-refractivity contribution in [2.75, 3.05) is 12.3 Å². The first-order valence-electron chi connectivity index (χ1n) is 5.18. The van der Waals surface area contributed by atoms with Crippen LogP contribution in [0, 0.1) is 10.1 Å². The summed E-state index contributed by atoms with van der Waals surface area (Å²) in [7, 11) is 0. The van der Waals surface area contributed by atoms with E-state index in [0.717, 1.165) is 19.3 Å². The van der Waals surface area contributed by atoms with E-state index in [1.165, 1.54) is 12.3 Å². The molecule has 0 bridgehead atoms. The van der Waals surface area contributed by atoms with Crippen molar-refractivity contribution in [1.29, 1.82) is 0 Å². The Kier molecular flexibility index (Phi) is 4.50. The van der Waals surface area contributed by atoms with Crippen molar-refractivity contribution in [1.82, 2.24) is 4.98 Å². The van der Waals surface area contributed by atoms with Crippen LogP contribution in [0.1, 0.15) is 26.2 Å². The third-order valence-electron chi connectivity index (χ3n) is 2.10. The third kappa shape index (κ3) is 3.08. The molecule has 0 radical (unpaired) electrons. The number of rotatable bonds is 6. The average Bonchev–Trinajstić information content (AvgIpc) is 2.24. The minimum absolute atomic E-state index is 0.113. The Morgan fingerprint density at radius 2 is 2.31 bits per heavy atom. The molecule has 1 heterocycles. The maximum atomic E-state index is 10.7. The number of ether oxygens (including phenoxy) is 1. The molecule has 0 aliphatic carbocycles. The van der Waals surface area contributed by atoms with E-state index < -0.39 is 4.92 Å². The smallest absolute Gasteiger partial charge is 0.352 e. The van der Waals surface area contributed by atoms with Crippen LogP contribution in [0.2, 0.25) is 0 Å². The number of hydrogen-bond acceptors (Lipinski definition) is 5. The Bertz CT molecular complexity index is 368. The zero-order valence-electron chi connectivity index (χ0n) is 9.18. The molecule has 0 saturated carbocycles. The predicted molar refractivity (Wildman–Crippen MR) is 60.3 cm³/mol. The monoisotopic (exact) mass is 225 g/mol. The van der Waals surface area contributed by atoms with E-state index in [9.17, 15) is 10.1 Å². The number of nitrogens with two attached hydrogens (primary N) is 1. The second-order valence-electron chi connectivity index (χ2n) is 3.36. The van der Waals surface area contributed by atoms with Gasteiger partial charge in [-0.25, -0.2) is 4.98 Å². The van der Waals surface area contributed by atoms with Crippen LogP contribution in [-0.4, -0.2) is 16.5 Å². The predicted octanol–water partition coefficient (Wildman–Crippen LogP) is 2.14. The minimum Gasteiger partial charge on any atom is -0.487 e. The molecule has 6 heteroatoms. The first-order chi connectivity index (χ1) is 7.66. The number of hydrogen-bond donors (Lipinski definition) is 1. The summed E-state index contributed by atoms with van der Waals surface area (Å²) in [4.78, 5) is 13.8. The number of aromatic nitrogens is 1. The lowest BCUT2D eigenvalue weighted by atomic mass is 10.3. The van der Waals surface area contributed by atoms with Gasteiger partial charge in [0.15, 0.2) is 0 Å². The van der Waals surface area contributed by atoms with Crippen molar-refractivity contribution in [2.24, 2.45) is 0 Å². The van der Waals surface area contributed by atoms with E-state index in [0.29, 0.717) is 6.61 Å². The number of nitrogens with zero attached hydrogens (tertiary/aromatic N) is 2. The number of anilines is 1. The Balaban J connectivity index is 2.71. The number of nitro groups is 1. The topological polar surface area (TPSA) is 91.3 Å². The fourth-order valence-electron chi connectivity index (χ4n) is 1.29. The standard InChI is InChI=1S/C10H15N3O3/c1-2-3-4-7-16-8-5-6-12-10(11)9(8)13(14)15/h5-6H,2-4,7H2,1H3,(H2,11,12). The highest BCUT2D eigenvalue weighted by Crippen LogP contribution is 2.30. The van der Waals surface area contributed by atoms with Gasteiger partial charge < -0.3 is 10.5 Å². The van der Waals surface area contributed by atoms with Gasteiger partial charge in [0, 0.05) is 12.3 Å². The summed E-state index contributed by atoms with van der Waals surface area (Å²) in [5.74, 6) is 0.0756. The molecule has 1 aromatic heterocycles. The van der Waals surface area contributed by atoms with Crippen LogP contribution in [0.4, 0.5) is 11.5 Å². The molecule has 1 rings (SSSR count). The molecule has 0 aliphatic heterocycles. The van der Waals surface area contributed by atoms with Crippen LogP contribution in [0.25, 0.3) is 0 Å². The summed E-state index contributed by atoms with van der Waals surface area (Å²) < 4.78 is 5.32. The fourth-order valence-corrected chi connectivity index (χ4v) is 1.29. The van der Waals surface area contributed by atoms with Gasteiger partial charge >= 0.3 is 5.69 Å². The summed E-state index contributed by atoms with van der Waals surface area (Å²) in [6, 6.07) is 1.46. The lowest BCUT2D eigenvalue weighted by molar-refractivity contribution is -0.385. The molecule has 0 fully saturated rings. The van der Waals surface area contributed by atoms with Gasteiger partial charge in [-0.1, -0.05) is 19.8 Å². The maximum Gasteiger partial charge on any atom is 0.352 e.